The minimum atomic E-state index is -0.268. The topological polar surface area (TPSA) is 25.2 Å². The fourth-order valence-corrected chi connectivity index (χ4v) is 2.16. The van der Waals surface area contributed by atoms with Crippen molar-refractivity contribution in [2.45, 2.75) is 13.0 Å². The molecule has 0 aliphatic heterocycles. The second kappa shape index (κ2) is 5.02. The maximum Gasteiger partial charge on any atom is 0.148 e. The van der Waals surface area contributed by atoms with Gasteiger partial charge in [0.15, 0.2) is 0 Å². The Morgan fingerprint density at radius 2 is 2.12 bits per heavy atom. The highest BCUT2D eigenvalue weighted by Gasteiger charge is 2.16. The van der Waals surface area contributed by atoms with Gasteiger partial charge in [-0.25, -0.2) is 4.39 Å². The summed E-state index contributed by atoms with van der Waals surface area (Å²) >= 11 is 3.40. The van der Waals surface area contributed by atoms with Crippen molar-refractivity contribution in [1.29, 1.82) is 0 Å². The first kappa shape index (κ1) is 12.3. The zero-order valence-corrected chi connectivity index (χ0v) is 11.2. The molecule has 4 heteroatoms. The predicted molar refractivity (Wildman–Crippen MR) is 69.3 cm³/mol. The van der Waals surface area contributed by atoms with Crippen molar-refractivity contribution in [3.05, 3.63) is 46.4 Å². The maximum atomic E-state index is 13.4. The molecule has 1 heterocycles. The molecule has 0 fully saturated rings. The van der Waals surface area contributed by atoms with Gasteiger partial charge in [-0.15, -0.1) is 0 Å². The summed E-state index contributed by atoms with van der Waals surface area (Å²) in [7, 11) is 1.87. The van der Waals surface area contributed by atoms with E-state index in [1.54, 1.807) is 18.4 Å². The highest BCUT2D eigenvalue weighted by atomic mass is 79.9. The van der Waals surface area contributed by atoms with E-state index >= 15 is 0 Å². The molecule has 0 aliphatic rings. The van der Waals surface area contributed by atoms with Gasteiger partial charge in [0.2, 0.25) is 0 Å². The summed E-state index contributed by atoms with van der Waals surface area (Å²) in [5, 5.41) is 3.14. The normalized spacial score (nSPS) is 12.7. The van der Waals surface area contributed by atoms with Gasteiger partial charge in [-0.1, -0.05) is 6.07 Å². The van der Waals surface area contributed by atoms with Crippen LogP contribution in [0.5, 0.6) is 0 Å². The Morgan fingerprint density at radius 1 is 1.35 bits per heavy atom. The van der Waals surface area contributed by atoms with E-state index in [1.165, 1.54) is 12.1 Å². The van der Waals surface area contributed by atoms with E-state index in [-0.39, 0.29) is 11.9 Å². The van der Waals surface area contributed by atoms with E-state index in [1.807, 2.05) is 14.0 Å². The first-order valence-electron chi connectivity index (χ1n) is 5.33. The highest BCUT2D eigenvalue weighted by Crippen LogP contribution is 2.34. The number of benzene rings is 1. The van der Waals surface area contributed by atoms with E-state index in [4.69, 9.17) is 4.42 Å². The summed E-state index contributed by atoms with van der Waals surface area (Å²) in [5.74, 6) is 0.386. The van der Waals surface area contributed by atoms with Gasteiger partial charge in [0.25, 0.3) is 0 Å². The molecule has 1 aromatic heterocycles. The Balaban J connectivity index is 2.59. The van der Waals surface area contributed by atoms with E-state index in [2.05, 4.69) is 21.2 Å². The molecule has 1 aromatic carbocycles. The van der Waals surface area contributed by atoms with Crippen LogP contribution in [0.25, 0.3) is 11.3 Å². The van der Waals surface area contributed by atoms with Gasteiger partial charge < -0.3 is 9.73 Å². The maximum absolute atomic E-state index is 13.4. The molecular weight excluding hydrogens is 285 g/mol. The number of furan rings is 1. The SMILES string of the molecule is CNC(C)c1ccc(F)cc1-c1occc1Br. The van der Waals surface area contributed by atoms with Gasteiger partial charge in [0.05, 0.1) is 10.7 Å². The van der Waals surface area contributed by atoms with Crippen LogP contribution in [0.1, 0.15) is 18.5 Å². The fraction of sp³-hybridized carbons (Fsp3) is 0.231. The Morgan fingerprint density at radius 3 is 2.71 bits per heavy atom. The van der Waals surface area contributed by atoms with Crippen LogP contribution in [0.2, 0.25) is 0 Å². The van der Waals surface area contributed by atoms with Crippen LogP contribution in [-0.4, -0.2) is 7.05 Å². The Hall–Kier alpha value is -1.13. The molecule has 17 heavy (non-hydrogen) atoms. The minimum Gasteiger partial charge on any atom is -0.463 e. The average Bonchev–Trinajstić information content (AvgIpc) is 2.74. The third kappa shape index (κ3) is 2.42. The third-order valence-corrected chi connectivity index (χ3v) is 3.40. The summed E-state index contributed by atoms with van der Waals surface area (Å²) in [6.07, 6.45) is 1.58. The van der Waals surface area contributed by atoms with Crippen LogP contribution in [0.3, 0.4) is 0 Å². The number of hydrogen-bond acceptors (Lipinski definition) is 2. The Bertz CT molecular complexity index is 524. The van der Waals surface area contributed by atoms with Crippen LogP contribution in [0.15, 0.2) is 39.4 Å². The largest absolute Gasteiger partial charge is 0.463 e. The van der Waals surface area contributed by atoms with Crippen LogP contribution in [-0.2, 0) is 0 Å². The van der Waals surface area contributed by atoms with Crippen LogP contribution < -0.4 is 5.32 Å². The summed E-state index contributed by atoms with van der Waals surface area (Å²) in [6, 6.07) is 6.66. The number of rotatable bonds is 3. The standard InChI is InChI=1S/C13H13BrFNO/c1-8(16-2)10-4-3-9(15)7-11(10)13-12(14)5-6-17-13/h3-8,16H,1-2H3. The zero-order valence-electron chi connectivity index (χ0n) is 9.63. The Kier molecular flexibility index (Phi) is 3.64. The summed E-state index contributed by atoms with van der Waals surface area (Å²) in [4.78, 5) is 0. The van der Waals surface area contributed by atoms with Gasteiger partial charge in [0, 0.05) is 11.6 Å². The van der Waals surface area contributed by atoms with E-state index in [9.17, 15) is 4.39 Å². The van der Waals surface area contributed by atoms with Gasteiger partial charge in [-0.05, 0) is 53.7 Å². The molecule has 1 unspecified atom stereocenters. The van der Waals surface area contributed by atoms with Crippen molar-refractivity contribution in [3.63, 3.8) is 0 Å². The van der Waals surface area contributed by atoms with Crippen molar-refractivity contribution in [1.82, 2.24) is 5.32 Å². The van der Waals surface area contributed by atoms with Gasteiger partial charge >= 0.3 is 0 Å². The highest BCUT2D eigenvalue weighted by molar-refractivity contribution is 9.10. The van der Waals surface area contributed by atoms with Gasteiger partial charge in [-0.2, -0.15) is 0 Å². The summed E-state index contributed by atoms with van der Waals surface area (Å²) in [6.45, 7) is 2.02. The second-order valence-electron chi connectivity index (χ2n) is 3.84. The molecule has 0 amide bonds. The number of nitrogens with one attached hydrogen (secondary N) is 1. The van der Waals surface area contributed by atoms with E-state index in [0.29, 0.717) is 5.76 Å². The molecule has 1 N–H and O–H groups in total. The molecule has 90 valence electrons. The lowest BCUT2D eigenvalue weighted by molar-refractivity contribution is 0.573. The van der Waals surface area contributed by atoms with Crippen LogP contribution >= 0.6 is 15.9 Å². The molecule has 0 saturated heterocycles. The van der Waals surface area contributed by atoms with Crippen molar-refractivity contribution in [2.75, 3.05) is 7.05 Å². The monoisotopic (exact) mass is 297 g/mol. The summed E-state index contributed by atoms with van der Waals surface area (Å²) in [5.41, 5.74) is 1.77. The van der Waals surface area contributed by atoms with Gasteiger partial charge in [0.1, 0.15) is 11.6 Å². The lowest BCUT2D eigenvalue weighted by Gasteiger charge is -2.15. The minimum absolute atomic E-state index is 0.127. The molecule has 1 atom stereocenters. The molecule has 0 saturated carbocycles. The Labute approximate surface area is 108 Å². The zero-order chi connectivity index (χ0) is 12.4. The quantitative estimate of drug-likeness (QED) is 0.921. The first-order valence-corrected chi connectivity index (χ1v) is 6.13. The van der Waals surface area contributed by atoms with Crippen LogP contribution in [0, 0.1) is 5.82 Å². The molecule has 0 spiro atoms. The van der Waals surface area contributed by atoms with Crippen molar-refractivity contribution in [2.24, 2.45) is 0 Å². The first-order chi connectivity index (χ1) is 8.13. The lowest BCUT2D eigenvalue weighted by Crippen LogP contribution is -2.13. The fourth-order valence-electron chi connectivity index (χ4n) is 1.74. The third-order valence-electron chi connectivity index (χ3n) is 2.78. The second-order valence-corrected chi connectivity index (χ2v) is 4.69. The molecular formula is C13H13BrFNO. The molecule has 2 rings (SSSR count). The van der Waals surface area contributed by atoms with Crippen molar-refractivity contribution in [3.8, 4) is 11.3 Å². The van der Waals surface area contributed by atoms with Crippen molar-refractivity contribution < 1.29 is 8.81 Å². The van der Waals surface area contributed by atoms with E-state index < -0.39 is 0 Å². The molecule has 2 nitrogen and oxygen atoms in total. The molecule has 0 bridgehead atoms. The average molecular weight is 298 g/mol. The number of hydrogen-bond donors (Lipinski definition) is 1. The molecule has 0 aliphatic carbocycles. The van der Waals surface area contributed by atoms with Crippen LogP contribution in [0.4, 0.5) is 4.39 Å². The smallest absolute Gasteiger partial charge is 0.148 e. The summed E-state index contributed by atoms with van der Waals surface area (Å²) < 4.78 is 19.6. The lowest BCUT2D eigenvalue weighted by atomic mass is 9.99. The van der Waals surface area contributed by atoms with Gasteiger partial charge in [-0.3, -0.25) is 0 Å². The predicted octanol–water partition coefficient (Wildman–Crippen LogP) is 4.13. The molecule has 2 aromatic rings. The van der Waals surface area contributed by atoms with Crippen molar-refractivity contribution >= 4 is 15.9 Å². The molecule has 0 radical (unpaired) electrons. The van der Waals surface area contributed by atoms with E-state index in [0.717, 1.165) is 15.6 Å². The number of halogens is 2.